The first kappa shape index (κ1) is 27.9. The smallest absolute Gasteiger partial charge is 0.243 e. The number of ether oxygens (including phenoxy) is 1. The van der Waals surface area contributed by atoms with E-state index in [9.17, 15) is 13.2 Å². The highest BCUT2D eigenvalue weighted by molar-refractivity contribution is 7.89. The van der Waals surface area contributed by atoms with Crippen LogP contribution in [0, 0.1) is 19.3 Å². The van der Waals surface area contributed by atoms with Crippen molar-refractivity contribution in [2.45, 2.75) is 83.6 Å². The maximum Gasteiger partial charge on any atom is 0.243 e. The first-order valence-corrected chi connectivity index (χ1v) is 14.6. The molecule has 0 N–H and O–H groups in total. The van der Waals surface area contributed by atoms with Gasteiger partial charge in [0.25, 0.3) is 0 Å². The van der Waals surface area contributed by atoms with E-state index in [1.807, 2.05) is 4.90 Å². The number of sulfonamides is 1. The SMILES string of the molecule is COc1cc(C)c(S(=O)(=O)N(C)CCCCC(=O)N2CCC3(CC2)CCN(C(C)C)CC3)c(C)c1. The zero-order valence-corrected chi connectivity index (χ0v) is 23.4. The van der Waals surface area contributed by atoms with Crippen LogP contribution in [0.25, 0.3) is 0 Å². The van der Waals surface area contributed by atoms with Gasteiger partial charge in [0.15, 0.2) is 0 Å². The van der Waals surface area contributed by atoms with Crippen LogP contribution in [-0.2, 0) is 14.8 Å². The Morgan fingerprint density at radius 1 is 1.03 bits per heavy atom. The molecule has 2 aliphatic heterocycles. The predicted molar refractivity (Wildman–Crippen MR) is 140 cm³/mol. The zero-order valence-electron chi connectivity index (χ0n) is 22.6. The second-order valence-corrected chi connectivity index (χ2v) is 12.9. The molecular weight excluding hydrogens is 462 g/mol. The fourth-order valence-electron chi connectivity index (χ4n) is 5.73. The summed E-state index contributed by atoms with van der Waals surface area (Å²) in [6, 6.07) is 4.12. The Kier molecular flexibility index (Phi) is 9.27. The molecule has 35 heavy (non-hydrogen) atoms. The number of aryl methyl sites for hydroxylation is 2. The number of hydrogen-bond acceptors (Lipinski definition) is 5. The summed E-state index contributed by atoms with van der Waals surface area (Å²) >= 11 is 0. The maximum absolute atomic E-state index is 13.2. The molecule has 7 nitrogen and oxygen atoms in total. The lowest BCUT2D eigenvalue weighted by Crippen LogP contribution is -2.49. The summed E-state index contributed by atoms with van der Waals surface area (Å²) < 4.78 is 33.0. The number of unbranched alkanes of at least 4 members (excludes halogenated alkanes) is 1. The molecule has 0 atom stereocenters. The Morgan fingerprint density at radius 2 is 1.57 bits per heavy atom. The lowest BCUT2D eigenvalue weighted by molar-refractivity contribution is -0.134. The molecule has 0 saturated carbocycles. The van der Waals surface area contributed by atoms with Gasteiger partial charge in [0.1, 0.15) is 5.75 Å². The molecule has 3 rings (SSSR count). The molecule has 2 fully saturated rings. The molecule has 8 heteroatoms. The van der Waals surface area contributed by atoms with Crippen LogP contribution in [0.4, 0.5) is 0 Å². The number of nitrogens with zero attached hydrogens (tertiary/aromatic N) is 3. The summed E-state index contributed by atoms with van der Waals surface area (Å²) in [6.45, 7) is 12.6. The predicted octanol–water partition coefficient (Wildman–Crippen LogP) is 4.22. The van der Waals surface area contributed by atoms with Crippen molar-refractivity contribution >= 4 is 15.9 Å². The number of rotatable bonds is 9. The number of amides is 1. The van der Waals surface area contributed by atoms with Crippen LogP contribution in [0.15, 0.2) is 17.0 Å². The Bertz CT molecular complexity index is 951. The highest BCUT2D eigenvalue weighted by atomic mass is 32.2. The van der Waals surface area contributed by atoms with Crippen molar-refractivity contribution < 1.29 is 17.9 Å². The molecule has 0 unspecified atom stereocenters. The third-order valence-corrected chi connectivity index (χ3v) is 10.4. The molecule has 1 amide bonds. The van der Waals surface area contributed by atoms with Crippen LogP contribution in [0.3, 0.4) is 0 Å². The lowest BCUT2D eigenvalue weighted by atomic mass is 9.71. The van der Waals surface area contributed by atoms with Crippen LogP contribution in [-0.4, -0.2) is 81.4 Å². The van der Waals surface area contributed by atoms with E-state index in [2.05, 4.69) is 18.7 Å². The average molecular weight is 508 g/mol. The van der Waals surface area contributed by atoms with E-state index in [0.717, 1.165) is 25.9 Å². The van der Waals surface area contributed by atoms with Crippen LogP contribution in [0.1, 0.15) is 69.9 Å². The third kappa shape index (κ3) is 6.57. The molecule has 2 aliphatic rings. The molecule has 0 aromatic heterocycles. The quantitative estimate of drug-likeness (QED) is 0.468. The first-order chi connectivity index (χ1) is 16.5. The fourth-order valence-corrected chi connectivity index (χ4v) is 7.34. The van der Waals surface area contributed by atoms with Crippen molar-refractivity contribution in [3.05, 3.63) is 23.3 Å². The molecule has 198 valence electrons. The number of benzene rings is 1. The molecule has 1 aromatic rings. The Balaban J connectivity index is 1.43. The number of likely N-dealkylation sites (tertiary alicyclic amines) is 2. The van der Waals surface area contributed by atoms with E-state index < -0.39 is 10.0 Å². The third-order valence-electron chi connectivity index (χ3n) is 8.22. The number of hydrogen-bond donors (Lipinski definition) is 0. The largest absolute Gasteiger partial charge is 0.497 e. The molecular formula is C27H45N3O4S. The van der Waals surface area contributed by atoms with E-state index in [1.165, 1.54) is 30.2 Å². The highest BCUT2D eigenvalue weighted by Crippen LogP contribution is 2.41. The van der Waals surface area contributed by atoms with Gasteiger partial charge in [0.2, 0.25) is 15.9 Å². The Hall–Kier alpha value is -1.64. The van der Waals surface area contributed by atoms with E-state index in [-0.39, 0.29) is 5.91 Å². The van der Waals surface area contributed by atoms with Gasteiger partial charge in [-0.1, -0.05) is 0 Å². The van der Waals surface area contributed by atoms with Crippen LogP contribution < -0.4 is 4.74 Å². The van der Waals surface area contributed by atoms with Crippen LogP contribution in [0.2, 0.25) is 0 Å². The van der Waals surface area contributed by atoms with Crippen molar-refractivity contribution in [2.24, 2.45) is 5.41 Å². The van der Waals surface area contributed by atoms with Gasteiger partial charge in [-0.25, -0.2) is 12.7 Å². The maximum atomic E-state index is 13.2. The first-order valence-electron chi connectivity index (χ1n) is 13.1. The number of methoxy groups -OCH3 is 1. The zero-order chi connectivity index (χ0) is 25.8. The van der Waals surface area contributed by atoms with Gasteiger partial charge < -0.3 is 14.5 Å². The summed E-state index contributed by atoms with van der Waals surface area (Å²) in [7, 11) is -0.395. The second-order valence-electron chi connectivity index (χ2n) is 10.9. The van der Waals surface area contributed by atoms with E-state index in [4.69, 9.17) is 4.74 Å². The van der Waals surface area contributed by atoms with Gasteiger partial charge in [-0.15, -0.1) is 0 Å². The fraction of sp³-hybridized carbons (Fsp3) is 0.741. The topological polar surface area (TPSA) is 70.2 Å². The monoisotopic (exact) mass is 507 g/mol. The molecule has 2 heterocycles. The standard InChI is InChI=1S/C27H45N3O4S/c1-21(2)29-15-10-27(11-16-29)12-17-30(18-13-27)25(31)9-7-8-14-28(5)35(32,33)26-22(3)19-24(34-6)20-23(26)4/h19-21H,7-18H2,1-6H3. The van der Waals surface area contributed by atoms with Gasteiger partial charge in [-0.05, 0) is 108 Å². The van der Waals surface area contributed by atoms with Gasteiger partial charge in [-0.3, -0.25) is 4.79 Å². The highest BCUT2D eigenvalue weighted by Gasteiger charge is 2.38. The van der Waals surface area contributed by atoms with E-state index in [1.54, 1.807) is 40.1 Å². The summed E-state index contributed by atoms with van der Waals surface area (Å²) in [5, 5.41) is 0. The summed E-state index contributed by atoms with van der Waals surface area (Å²) in [6.07, 6.45) is 6.59. The van der Waals surface area contributed by atoms with E-state index in [0.29, 0.717) is 59.0 Å². The molecule has 1 spiro atoms. The van der Waals surface area contributed by atoms with Crippen molar-refractivity contribution in [2.75, 3.05) is 46.9 Å². The molecule has 0 bridgehead atoms. The van der Waals surface area contributed by atoms with Gasteiger partial charge in [0, 0.05) is 39.1 Å². The minimum Gasteiger partial charge on any atom is -0.497 e. The van der Waals surface area contributed by atoms with Crippen LogP contribution in [0.5, 0.6) is 5.75 Å². The summed E-state index contributed by atoms with van der Waals surface area (Å²) in [4.78, 5) is 17.7. The summed E-state index contributed by atoms with van der Waals surface area (Å²) in [5.41, 5.74) is 1.79. The molecule has 2 saturated heterocycles. The number of piperidine rings is 2. The van der Waals surface area contributed by atoms with Gasteiger partial charge in [0.05, 0.1) is 12.0 Å². The average Bonchev–Trinajstić information content (AvgIpc) is 2.81. The van der Waals surface area contributed by atoms with Crippen molar-refractivity contribution in [3.8, 4) is 5.75 Å². The summed E-state index contributed by atoms with van der Waals surface area (Å²) in [5.74, 6) is 0.872. The van der Waals surface area contributed by atoms with Crippen molar-refractivity contribution in [3.63, 3.8) is 0 Å². The molecule has 0 radical (unpaired) electrons. The van der Waals surface area contributed by atoms with E-state index >= 15 is 0 Å². The van der Waals surface area contributed by atoms with Gasteiger partial charge in [-0.2, -0.15) is 0 Å². The normalized spacial score (nSPS) is 19.0. The van der Waals surface area contributed by atoms with Crippen molar-refractivity contribution in [1.82, 2.24) is 14.1 Å². The lowest BCUT2D eigenvalue weighted by Gasteiger charge is -2.47. The number of carbonyl (C=O) groups is 1. The minimum absolute atomic E-state index is 0.215. The second kappa shape index (κ2) is 11.6. The van der Waals surface area contributed by atoms with Crippen LogP contribution >= 0.6 is 0 Å². The van der Waals surface area contributed by atoms with Gasteiger partial charge >= 0.3 is 0 Å². The minimum atomic E-state index is -3.59. The molecule has 1 aromatic carbocycles. The Labute approximate surface area is 212 Å². The molecule has 0 aliphatic carbocycles. The van der Waals surface area contributed by atoms with Crippen molar-refractivity contribution in [1.29, 1.82) is 0 Å². The Morgan fingerprint density at radius 3 is 2.09 bits per heavy atom. The number of carbonyl (C=O) groups excluding carboxylic acids is 1.